The molecule has 2 aliphatic heterocycles. The van der Waals surface area contributed by atoms with Crippen molar-refractivity contribution in [2.24, 2.45) is 10.9 Å². The van der Waals surface area contributed by atoms with E-state index in [2.05, 4.69) is 40.8 Å². The van der Waals surface area contributed by atoms with Gasteiger partial charge < -0.3 is 14.5 Å². The van der Waals surface area contributed by atoms with Crippen LogP contribution in [0, 0.1) is 5.92 Å². The maximum Gasteiger partial charge on any atom is 0.266 e. The summed E-state index contributed by atoms with van der Waals surface area (Å²) in [4.78, 5) is 9.29. The highest BCUT2D eigenvalue weighted by Gasteiger charge is 2.35. The van der Waals surface area contributed by atoms with E-state index < -0.39 is 10.0 Å². The number of methoxy groups -OCH3 is 1. The smallest absolute Gasteiger partial charge is 0.266 e. The summed E-state index contributed by atoms with van der Waals surface area (Å²) in [5.74, 6) is 1.95. The number of aliphatic imine (C=N–C) groups is 1. The molecule has 0 saturated carbocycles. The van der Waals surface area contributed by atoms with Crippen molar-refractivity contribution >= 4 is 21.7 Å². The van der Waals surface area contributed by atoms with Crippen LogP contribution in [0.1, 0.15) is 19.4 Å². The van der Waals surface area contributed by atoms with E-state index in [1.807, 2.05) is 24.3 Å². The Labute approximate surface area is 191 Å². The lowest BCUT2D eigenvalue weighted by molar-refractivity contribution is 0.358. The zero-order chi connectivity index (χ0) is 22.7. The summed E-state index contributed by atoms with van der Waals surface area (Å²) in [5, 5.41) is 0. The number of hydrogen-bond acceptors (Lipinski definition) is 6. The Hall–Kier alpha value is -2.74. The number of anilines is 1. The normalized spacial score (nSPS) is 17.1. The highest BCUT2D eigenvalue weighted by Crippen LogP contribution is 2.24. The van der Waals surface area contributed by atoms with E-state index in [4.69, 9.17) is 4.74 Å². The van der Waals surface area contributed by atoms with Crippen LogP contribution in [0.2, 0.25) is 0 Å². The Balaban J connectivity index is 1.43. The largest absolute Gasteiger partial charge is 0.497 e. The van der Waals surface area contributed by atoms with Crippen molar-refractivity contribution in [3.63, 3.8) is 0 Å². The number of piperazine rings is 1. The van der Waals surface area contributed by atoms with E-state index in [1.54, 1.807) is 19.2 Å². The predicted octanol–water partition coefficient (Wildman–Crippen LogP) is 3.08. The third-order valence-electron chi connectivity index (χ3n) is 5.93. The van der Waals surface area contributed by atoms with Gasteiger partial charge in [0.1, 0.15) is 5.75 Å². The molecule has 4 rings (SSSR count). The maximum absolute atomic E-state index is 13.4. The van der Waals surface area contributed by atoms with E-state index in [-0.39, 0.29) is 0 Å². The van der Waals surface area contributed by atoms with Crippen LogP contribution in [0.25, 0.3) is 0 Å². The van der Waals surface area contributed by atoms with Gasteiger partial charge in [0.05, 0.1) is 25.1 Å². The maximum atomic E-state index is 13.4. The monoisotopic (exact) mass is 456 g/mol. The van der Waals surface area contributed by atoms with Gasteiger partial charge in [-0.05, 0) is 54.3 Å². The first kappa shape index (κ1) is 22.5. The minimum atomic E-state index is -3.62. The molecule has 2 aromatic rings. The molecule has 2 aliphatic rings. The summed E-state index contributed by atoms with van der Waals surface area (Å²) in [5.41, 5.74) is 2.30. The van der Waals surface area contributed by atoms with Gasteiger partial charge in [-0.2, -0.15) is 0 Å². The highest BCUT2D eigenvalue weighted by molar-refractivity contribution is 7.89. The lowest BCUT2D eigenvalue weighted by Gasteiger charge is -2.38. The molecule has 1 saturated heterocycles. The molecule has 0 unspecified atom stereocenters. The molecule has 32 heavy (non-hydrogen) atoms. The molecule has 1 fully saturated rings. The number of nitrogens with zero attached hydrogens (tertiary/aromatic N) is 4. The lowest BCUT2D eigenvalue weighted by Crippen LogP contribution is -2.53. The van der Waals surface area contributed by atoms with Gasteiger partial charge in [0, 0.05) is 31.9 Å². The van der Waals surface area contributed by atoms with Crippen molar-refractivity contribution in [1.82, 2.24) is 9.21 Å². The first-order valence-corrected chi connectivity index (χ1v) is 12.6. The molecule has 0 bridgehead atoms. The third kappa shape index (κ3) is 4.70. The Morgan fingerprint density at radius 2 is 1.53 bits per heavy atom. The number of guanidine groups is 1. The van der Waals surface area contributed by atoms with Crippen LogP contribution in [-0.2, 0) is 16.4 Å². The number of rotatable bonds is 6. The van der Waals surface area contributed by atoms with Crippen LogP contribution in [0.15, 0.2) is 58.4 Å². The summed E-state index contributed by atoms with van der Waals surface area (Å²) in [6.07, 6.45) is 0.940. The van der Waals surface area contributed by atoms with Gasteiger partial charge in [0.25, 0.3) is 10.0 Å². The Morgan fingerprint density at radius 1 is 0.906 bits per heavy atom. The fraction of sp³-hybridized carbons (Fsp3) is 0.458. The Morgan fingerprint density at radius 3 is 2.12 bits per heavy atom. The van der Waals surface area contributed by atoms with Crippen molar-refractivity contribution in [2.75, 3.05) is 51.3 Å². The van der Waals surface area contributed by atoms with Crippen molar-refractivity contribution in [3.05, 3.63) is 54.1 Å². The quantitative estimate of drug-likeness (QED) is 0.668. The molecule has 2 heterocycles. The average Bonchev–Trinajstić information content (AvgIpc) is 3.30. The van der Waals surface area contributed by atoms with Gasteiger partial charge in [-0.3, -0.25) is 4.99 Å². The van der Waals surface area contributed by atoms with Gasteiger partial charge >= 0.3 is 0 Å². The zero-order valence-corrected chi connectivity index (χ0v) is 19.9. The van der Waals surface area contributed by atoms with Crippen LogP contribution < -0.4 is 9.64 Å². The van der Waals surface area contributed by atoms with E-state index in [9.17, 15) is 8.42 Å². The molecule has 0 atom stereocenters. The van der Waals surface area contributed by atoms with Crippen molar-refractivity contribution in [2.45, 2.75) is 25.2 Å². The number of benzene rings is 2. The molecule has 0 aromatic heterocycles. The zero-order valence-electron chi connectivity index (χ0n) is 19.1. The molecule has 0 N–H and O–H groups in total. The summed E-state index contributed by atoms with van der Waals surface area (Å²) >= 11 is 0. The highest BCUT2D eigenvalue weighted by atomic mass is 32.2. The molecule has 0 aliphatic carbocycles. The molecule has 2 aromatic carbocycles. The molecule has 7 nitrogen and oxygen atoms in total. The summed E-state index contributed by atoms with van der Waals surface area (Å²) in [6, 6.07) is 15.3. The molecular weight excluding hydrogens is 424 g/mol. The number of hydrogen-bond donors (Lipinski definition) is 0. The van der Waals surface area contributed by atoms with Gasteiger partial charge in [-0.15, -0.1) is 0 Å². The molecule has 172 valence electrons. The van der Waals surface area contributed by atoms with E-state index in [1.165, 1.54) is 4.31 Å². The minimum absolute atomic E-state index is 0.330. The molecular formula is C24H32N4O3S. The number of sulfonamides is 1. The van der Waals surface area contributed by atoms with Crippen LogP contribution in [-0.4, -0.2) is 70.0 Å². The van der Waals surface area contributed by atoms with Crippen LogP contribution in [0.5, 0.6) is 5.75 Å². The second-order valence-corrected chi connectivity index (χ2v) is 10.5. The van der Waals surface area contributed by atoms with Crippen LogP contribution in [0.3, 0.4) is 0 Å². The first-order valence-electron chi connectivity index (χ1n) is 11.2. The topological polar surface area (TPSA) is 65.5 Å². The van der Waals surface area contributed by atoms with Crippen molar-refractivity contribution < 1.29 is 13.2 Å². The molecule has 8 heteroatoms. The van der Waals surface area contributed by atoms with E-state index in [0.717, 1.165) is 49.6 Å². The summed E-state index contributed by atoms with van der Waals surface area (Å²) in [7, 11) is -1.96. The van der Waals surface area contributed by atoms with Gasteiger partial charge in [0.15, 0.2) is 0 Å². The average molecular weight is 457 g/mol. The van der Waals surface area contributed by atoms with Crippen molar-refractivity contribution in [3.8, 4) is 5.75 Å². The van der Waals surface area contributed by atoms with Crippen LogP contribution in [0.4, 0.5) is 5.69 Å². The van der Waals surface area contributed by atoms with Crippen LogP contribution >= 0.6 is 0 Å². The SMILES string of the molecule is COc1ccc(N2CCN(C3=NCCN3S(=O)(=O)c3ccc(CC(C)C)cc3)CC2)cc1. The molecule has 0 spiro atoms. The second kappa shape index (κ2) is 9.40. The molecule has 0 radical (unpaired) electrons. The summed E-state index contributed by atoms with van der Waals surface area (Å²) < 4.78 is 33.4. The second-order valence-electron chi connectivity index (χ2n) is 8.67. The third-order valence-corrected chi connectivity index (χ3v) is 7.73. The summed E-state index contributed by atoms with van der Waals surface area (Å²) in [6.45, 7) is 8.28. The fourth-order valence-corrected chi connectivity index (χ4v) is 5.70. The number of ether oxygens (including phenoxy) is 1. The first-order chi connectivity index (χ1) is 15.4. The predicted molar refractivity (Wildman–Crippen MR) is 128 cm³/mol. The van der Waals surface area contributed by atoms with Gasteiger partial charge in [-0.1, -0.05) is 26.0 Å². The van der Waals surface area contributed by atoms with E-state index in [0.29, 0.717) is 29.9 Å². The van der Waals surface area contributed by atoms with E-state index >= 15 is 0 Å². The fourth-order valence-electron chi connectivity index (χ4n) is 4.26. The Bertz CT molecular complexity index is 1040. The lowest BCUT2D eigenvalue weighted by atomic mass is 10.0. The van der Waals surface area contributed by atoms with Gasteiger partial charge in [-0.25, -0.2) is 12.7 Å². The minimum Gasteiger partial charge on any atom is -0.497 e. The molecule has 0 amide bonds. The van der Waals surface area contributed by atoms with Crippen molar-refractivity contribution in [1.29, 1.82) is 0 Å². The van der Waals surface area contributed by atoms with Gasteiger partial charge in [0.2, 0.25) is 5.96 Å². The standard InChI is InChI=1S/C24H32N4O3S/c1-19(2)18-20-4-10-23(11-5-20)32(29,30)28-13-12-25-24(28)27-16-14-26(15-17-27)21-6-8-22(31-3)9-7-21/h4-11,19H,12-18H2,1-3H3. The Kier molecular flexibility index (Phi) is 6.60.